The number of furan rings is 1. The van der Waals surface area contributed by atoms with Crippen molar-refractivity contribution in [3.63, 3.8) is 0 Å². The molecule has 1 amide bonds. The van der Waals surface area contributed by atoms with Gasteiger partial charge in [0.25, 0.3) is 0 Å². The molecular weight excluding hydrogens is 276 g/mol. The van der Waals surface area contributed by atoms with Crippen molar-refractivity contribution < 1.29 is 9.21 Å². The van der Waals surface area contributed by atoms with Gasteiger partial charge in [-0.2, -0.15) is 0 Å². The Morgan fingerprint density at radius 2 is 2.14 bits per heavy atom. The molecule has 3 unspecified atom stereocenters. The second-order valence-corrected chi connectivity index (χ2v) is 7.06. The molecule has 1 aliphatic rings. The fourth-order valence-corrected chi connectivity index (χ4v) is 3.37. The number of amides is 1. The predicted molar refractivity (Wildman–Crippen MR) is 88.5 cm³/mol. The van der Waals surface area contributed by atoms with Crippen LogP contribution in [0.4, 0.5) is 0 Å². The maximum absolute atomic E-state index is 12.4. The van der Waals surface area contributed by atoms with Gasteiger partial charge >= 0.3 is 0 Å². The van der Waals surface area contributed by atoms with Gasteiger partial charge in [0.2, 0.25) is 5.91 Å². The summed E-state index contributed by atoms with van der Waals surface area (Å²) in [5.74, 6) is 2.24. The van der Waals surface area contributed by atoms with Crippen molar-refractivity contribution >= 4 is 5.91 Å². The molecule has 4 nitrogen and oxygen atoms in total. The zero-order chi connectivity index (χ0) is 16.1. The summed E-state index contributed by atoms with van der Waals surface area (Å²) in [6, 6.07) is 4.18. The molecule has 0 aromatic carbocycles. The quantitative estimate of drug-likeness (QED) is 0.904. The highest BCUT2D eigenvalue weighted by Crippen LogP contribution is 2.25. The number of carbonyl (C=O) groups excluding carboxylic acids is 1. The summed E-state index contributed by atoms with van der Waals surface area (Å²) in [6.45, 7) is 10.3. The molecule has 1 aromatic rings. The normalized spacial score (nSPS) is 25.0. The average molecular weight is 306 g/mol. The Hall–Kier alpha value is -1.29. The third kappa shape index (κ3) is 4.60. The molecule has 1 N–H and O–H groups in total. The lowest BCUT2D eigenvalue weighted by Crippen LogP contribution is -2.45. The van der Waals surface area contributed by atoms with E-state index in [1.807, 2.05) is 19.1 Å². The Kier molecular flexibility index (Phi) is 6.07. The Bertz CT molecular complexity index is 456. The van der Waals surface area contributed by atoms with Crippen LogP contribution in [0.5, 0.6) is 0 Å². The van der Waals surface area contributed by atoms with E-state index in [-0.39, 0.29) is 11.9 Å². The molecule has 1 aromatic heterocycles. The van der Waals surface area contributed by atoms with Gasteiger partial charge in [0.05, 0.1) is 18.8 Å². The van der Waals surface area contributed by atoms with Crippen molar-refractivity contribution in [2.45, 2.75) is 59.0 Å². The van der Waals surface area contributed by atoms with Crippen molar-refractivity contribution in [1.29, 1.82) is 0 Å². The third-order valence-corrected chi connectivity index (χ3v) is 4.80. The Morgan fingerprint density at radius 3 is 2.77 bits per heavy atom. The minimum atomic E-state index is -0.0779. The average Bonchev–Trinajstić information content (AvgIpc) is 2.92. The highest BCUT2D eigenvalue weighted by molar-refractivity contribution is 5.78. The molecule has 2 rings (SSSR count). The smallest absolute Gasteiger partial charge is 0.234 e. The van der Waals surface area contributed by atoms with E-state index < -0.39 is 0 Å². The SMILES string of the molecule is CC1CCC(C(C)C)N(CC(=O)NC(C)c2ccco2)CC1. The molecular formula is C18H30N2O2. The van der Waals surface area contributed by atoms with Crippen molar-refractivity contribution in [2.75, 3.05) is 13.1 Å². The van der Waals surface area contributed by atoms with Gasteiger partial charge in [-0.05, 0) is 56.7 Å². The largest absolute Gasteiger partial charge is 0.467 e. The van der Waals surface area contributed by atoms with Crippen molar-refractivity contribution in [3.05, 3.63) is 24.2 Å². The van der Waals surface area contributed by atoms with Gasteiger partial charge in [0, 0.05) is 6.04 Å². The summed E-state index contributed by atoms with van der Waals surface area (Å²) in [5.41, 5.74) is 0. The van der Waals surface area contributed by atoms with E-state index in [0.717, 1.165) is 18.2 Å². The highest BCUT2D eigenvalue weighted by atomic mass is 16.3. The van der Waals surface area contributed by atoms with Crippen LogP contribution in [-0.4, -0.2) is 29.9 Å². The monoisotopic (exact) mass is 306 g/mol. The van der Waals surface area contributed by atoms with E-state index in [1.54, 1.807) is 6.26 Å². The Labute approximate surface area is 134 Å². The first-order valence-electron chi connectivity index (χ1n) is 8.54. The van der Waals surface area contributed by atoms with Crippen molar-refractivity contribution in [2.24, 2.45) is 11.8 Å². The zero-order valence-corrected chi connectivity index (χ0v) is 14.3. The highest BCUT2D eigenvalue weighted by Gasteiger charge is 2.27. The van der Waals surface area contributed by atoms with Gasteiger partial charge in [-0.1, -0.05) is 20.8 Å². The van der Waals surface area contributed by atoms with Crippen LogP contribution in [0.25, 0.3) is 0 Å². The van der Waals surface area contributed by atoms with E-state index in [2.05, 4.69) is 31.0 Å². The van der Waals surface area contributed by atoms with E-state index >= 15 is 0 Å². The van der Waals surface area contributed by atoms with E-state index in [4.69, 9.17) is 4.42 Å². The van der Waals surface area contributed by atoms with Gasteiger partial charge < -0.3 is 9.73 Å². The standard InChI is InChI=1S/C18H30N2O2/c1-13(2)16-8-7-14(3)9-10-20(16)12-18(21)19-15(4)17-6-5-11-22-17/h5-6,11,13-16H,7-10,12H2,1-4H3,(H,19,21). The number of likely N-dealkylation sites (tertiary alicyclic amines) is 1. The number of hydrogen-bond acceptors (Lipinski definition) is 3. The first-order chi connectivity index (χ1) is 10.5. The predicted octanol–water partition coefficient (Wildman–Crippen LogP) is 3.60. The molecule has 0 aliphatic carbocycles. The fraction of sp³-hybridized carbons (Fsp3) is 0.722. The molecule has 2 heterocycles. The Morgan fingerprint density at radius 1 is 1.36 bits per heavy atom. The first-order valence-corrected chi connectivity index (χ1v) is 8.54. The lowest BCUT2D eigenvalue weighted by Gasteiger charge is -2.32. The first kappa shape index (κ1) is 17.1. The number of hydrogen-bond donors (Lipinski definition) is 1. The van der Waals surface area contributed by atoms with Crippen LogP contribution < -0.4 is 5.32 Å². The lowest BCUT2D eigenvalue weighted by molar-refractivity contribution is -0.123. The summed E-state index contributed by atoms with van der Waals surface area (Å²) in [7, 11) is 0. The second-order valence-electron chi connectivity index (χ2n) is 7.06. The van der Waals surface area contributed by atoms with Gasteiger partial charge in [-0.3, -0.25) is 9.69 Å². The number of carbonyl (C=O) groups is 1. The topological polar surface area (TPSA) is 45.5 Å². The van der Waals surface area contributed by atoms with Gasteiger partial charge in [-0.25, -0.2) is 0 Å². The summed E-state index contributed by atoms with van der Waals surface area (Å²) in [5, 5.41) is 3.05. The lowest BCUT2D eigenvalue weighted by atomic mass is 9.95. The second kappa shape index (κ2) is 7.82. The van der Waals surface area contributed by atoms with E-state index in [0.29, 0.717) is 18.5 Å². The number of rotatable bonds is 5. The molecule has 1 saturated heterocycles. The molecule has 0 spiro atoms. The van der Waals surface area contributed by atoms with Gasteiger partial charge in [0.1, 0.15) is 5.76 Å². The molecule has 0 bridgehead atoms. The maximum atomic E-state index is 12.4. The fourth-order valence-electron chi connectivity index (χ4n) is 3.37. The Balaban J connectivity index is 1.92. The van der Waals surface area contributed by atoms with Gasteiger partial charge in [0.15, 0.2) is 0 Å². The number of nitrogens with zero attached hydrogens (tertiary/aromatic N) is 1. The summed E-state index contributed by atoms with van der Waals surface area (Å²) in [4.78, 5) is 14.8. The van der Waals surface area contributed by atoms with Crippen molar-refractivity contribution in [1.82, 2.24) is 10.2 Å². The molecule has 0 saturated carbocycles. The molecule has 3 atom stereocenters. The summed E-state index contributed by atoms with van der Waals surface area (Å²) < 4.78 is 5.35. The summed E-state index contributed by atoms with van der Waals surface area (Å²) in [6.07, 6.45) is 5.29. The number of nitrogens with one attached hydrogen (secondary N) is 1. The van der Waals surface area contributed by atoms with Crippen molar-refractivity contribution in [3.8, 4) is 0 Å². The van der Waals surface area contributed by atoms with Crippen LogP contribution in [0, 0.1) is 11.8 Å². The van der Waals surface area contributed by atoms with Crippen LogP contribution >= 0.6 is 0 Å². The molecule has 0 radical (unpaired) electrons. The molecule has 124 valence electrons. The zero-order valence-electron chi connectivity index (χ0n) is 14.3. The van der Waals surface area contributed by atoms with Crippen LogP contribution in [0.15, 0.2) is 22.8 Å². The maximum Gasteiger partial charge on any atom is 0.234 e. The minimum Gasteiger partial charge on any atom is -0.467 e. The van der Waals surface area contributed by atoms with Crippen LogP contribution in [0.3, 0.4) is 0 Å². The van der Waals surface area contributed by atoms with Crippen LogP contribution in [0.2, 0.25) is 0 Å². The molecule has 1 fully saturated rings. The van der Waals surface area contributed by atoms with E-state index in [9.17, 15) is 4.79 Å². The van der Waals surface area contributed by atoms with Crippen LogP contribution in [-0.2, 0) is 4.79 Å². The van der Waals surface area contributed by atoms with Crippen LogP contribution in [0.1, 0.15) is 58.8 Å². The molecule has 1 aliphatic heterocycles. The van der Waals surface area contributed by atoms with Gasteiger partial charge in [-0.15, -0.1) is 0 Å². The molecule has 4 heteroatoms. The van der Waals surface area contributed by atoms with E-state index in [1.165, 1.54) is 19.3 Å². The summed E-state index contributed by atoms with van der Waals surface area (Å²) >= 11 is 0. The minimum absolute atomic E-state index is 0.0779. The third-order valence-electron chi connectivity index (χ3n) is 4.80. The molecule has 22 heavy (non-hydrogen) atoms.